The second-order valence-electron chi connectivity index (χ2n) is 5.01. The summed E-state index contributed by atoms with van der Waals surface area (Å²) in [5.41, 5.74) is 0. The Balaban J connectivity index is 1.76. The first-order chi connectivity index (χ1) is 7.75. The molecular weight excluding hydrogens is 204 g/mol. The molecule has 0 aromatic carbocycles. The number of ether oxygens (including phenoxy) is 1. The van der Waals surface area contributed by atoms with Crippen molar-refractivity contribution in [2.24, 2.45) is 5.92 Å². The predicted octanol–water partition coefficient (Wildman–Crippen LogP) is 2.62. The van der Waals surface area contributed by atoms with Crippen LogP contribution >= 0.6 is 0 Å². The van der Waals surface area contributed by atoms with Crippen molar-refractivity contribution in [3.63, 3.8) is 0 Å². The summed E-state index contributed by atoms with van der Waals surface area (Å²) in [6.07, 6.45) is 8.35. The summed E-state index contributed by atoms with van der Waals surface area (Å²) in [5, 5.41) is 0. The van der Waals surface area contributed by atoms with Gasteiger partial charge in [-0.1, -0.05) is 6.42 Å². The monoisotopic (exact) mass is 224 g/mol. The zero-order chi connectivity index (χ0) is 11.4. The zero-order valence-corrected chi connectivity index (χ0v) is 9.74. The molecule has 3 heteroatoms. The molecule has 0 amide bonds. The first-order valence-corrected chi connectivity index (χ1v) is 6.48. The van der Waals surface area contributed by atoms with Crippen molar-refractivity contribution < 1.29 is 14.3 Å². The maximum atomic E-state index is 11.8. The fourth-order valence-corrected chi connectivity index (χ4v) is 2.62. The summed E-state index contributed by atoms with van der Waals surface area (Å²) < 4.78 is 5.52. The third-order valence-corrected chi connectivity index (χ3v) is 3.71. The van der Waals surface area contributed by atoms with Crippen LogP contribution in [-0.4, -0.2) is 17.9 Å². The van der Waals surface area contributed by atoms with Crippen molar-refractivity contribution in [2.45, 2.75) is 63.9 Å². The highest BCUT2D eigenvalue weighted by Crippen LogP contribution is 2.26. The Morgan fingerprint density at radius 1 is 1.00 bits per heavy atom. The van der Waals surface area contributed by atoms with E-state index in [9.17, 15) is 9.59 Å². The van der Waals surface area contributed by atoms with Crippen LogP contribution in [0.2, 0.25) is 0 Å². The summed E-state index contributed by atoms with van der Waals surface area (Å²) in [4.78, 5) is 22.9. The van der Waals surface area contributed by atoms with E-state index in [4.69, 9.17) is 4.74 Å². The maximum Gasteiger partial charge on any atom is 0.309 e. The molecule has 2 fully saturated rings. The van der Waals surface area contributed by atoms with E-state index in [1.807, 2.05) is 0 Å². The van der Waals surface area contributed by atoms with Gasteiger partial charge in [-0.05, 0) is 38.5 Å². The molecule has 0 radical (unpaired) electrons. The molecule has 3 nitrogen and oxygen atoms in total. The van der Waals surface area contributed by atoms with Gasteiger partial charge in [-0.25, -0.2) is 0 Å². The molecular formula is C13H20O3. The van der Waals surface area contributed by atoms with Gasteiger partial charge < -0.3 is 4.74 Å². The fourth-order valence-electron chi connectivity index (χ4n) is 2.62. The number of carbonyl (C=O) groups excluding carboxylic acids is 2. The van der Waals surface area contributed by atoms with Gasteiger partial charge in [0.25, 0.3) is 0 Å². The van der Waals surface area contributed by atoms with Crippen molar-refractivity contribution in [1.82, 2.24) is 0 Å². The van der Waals surface area contributed by atoms with Crippen LogP contribution in [0.4, 0.5) is 0 Å². The lowest BCUT2D eigenvalue weighted by atomic mass is 9.88. The highest BCUT2D eigenvalue weighted by Gasteiger charge is 2.28. The minimum absolute atomic E-state index is 0.0142. The molecule has 2 rings (SSSR count). The first-order valence-electron chi connectivity index (χ1n) is 6.48. The van der Waals surface area contributed by atoms with Crippen molar-refractivity contribution in [1.29, 1.82) is 0 Å². The maximum absolute atomic E-state index is 11.8. The van der Waals surface area contributed by atoms with Crippen molar-refractivity contribution in [2.75, 3.05) is 0 Å². The van der Waals surface area contributed by atoms with Crippen LogP contribution in [0.3, 0.4) is 0 Å². The number of hydrogen-bond acceptors (Lipinski definition) is 3. The van der Waals surface area contributed by atoms with Crippen molar-refractivity contribution >= 4 is 11.8 Å². The smallest absolute Gasteiger partial charge is 0.309 e. The molecule has 90 valence electrons. The molecule has 0 bridgehead atoms. The molecule has 0 saturated heterocycles. The van der Waals surface area contributed by atoms with Gasteiger partial charge in [-0.15, -0.1) is 0 Å². The number of hydrogen-bond donors (Lipinski definition) is 0. The number of rotatable bonds is 2. The molecule has 0 spiro atoms. The number of carbonyl (C=O) groups is 2. The molecule has 2 aliphatic rings. The van der Waals surface area contributed by atoms with Crippen LogP contribution in [0.5, 0.6) is 0 Å². The Labute approximate surface area is 96.5 Å². The largest absolute Gasteiger partial charge is 0.462 e. The Hall–Kier alpha value is -0.860. The third kappa shape index (κ3) is 3.06. The average molecular weight is 224 g/mol. The summed E-state index contributed by atoms with van der Waals surface area (Å²) >= 11 is 0. The van der Waals surface area contributed by atoms with Crippen LogP contribution in [0.1, 0.15) is 57.8 Å². The van der Waals surface area contributed by atoms with E-state index >= 15 is 0 Å². The van der Waals surface area contributed by atoms with Gasteiger partial charge in [0, 0.05) is 12.8 Å². The normalized spacial score (nSPS) is 24.4. The van der Waals surface area contributed by atoms with E-state index in [2.05, 4.69) is 0 Å². The van der Waals surface area contributed by atoms with Crippen molar-refractivity contribution in [3.8, 4) is 0 Å². The third-order valence-electron chi connectivity index (χ3n) is 3.71. The second kappa shape index (κ2) is 5.46. The molecule has 0 unspecified atom stereocenters. The lowest BCUT2D eigenvalue weighted by Crippen LogP contribution is -2.28. The van der Waals surface area contributed by atoms with Crippen LogP contribution in [0.25, 0.3) is 0 Å². The molecule has 0 aromatic heterocycles. The molecule has 2 saturated carbocycles. The van der Waals surface area contributed by atoms with Crippen LogP contribution in [0.15, 0.2) is 0 Å². The quantitative estimate of drug-likeness (QED) is 0.677. The van der Waals surface area contributed by atoms with E-state index in [0.717, 1.165) is 12.8 Å². The highest BCUT2D eigenvalue weighted by atomic mass is 16.5. The topological polar surface area (TPSA) is 43.4 Å². The molecule has 0 N–H and O–H groups in total. The zero-order valence-electron chi connectivity index (χ0n) is 9.74. The summed E-state index contributed by atoms with van der Waals surface area (Å²) in [7, 11) is 0. The Kier molecular flexibility index (Phi) is 3.97. The van der Waals surface area contributed by atoms with E-state index in [0.29, 0.717) is 31.5 Å². The van der Waals surface area contributed by atoms with Gasteiger partial charge >= 0.3 is 5.97 Å². The minimum Gasteiger partial charge on any atom is -0.462 e. The van der Waals surface area contributed by atoms with Crippen LogP contribution in [0, 0.1) is 5.92 Å². The molecule has 0 heterocycles. The Morgan fingerprint density at radius 2 is 1.62 bits per heavy atom. The first kappa shape index (κ1) is 11.6. The summed E-state index contributed by atoms with van der Waals surface area (Å²) in [6.45, 7) is 0. The van der Waals surface area contributed by atoms with Gasteiger partial charge in [-0.2, -0.15) is 0 Å². The predicted molar refractivity (Wildman–Crippen MR) is 59.9 cm³/mol. The summed E-state index contributed by atoms with van der Waals surface area (Å²) in [6, 6.07) is 0. The van der Waals surface area contributed by atoms with Crippen LogP contribution in [-0.2, 0) is 14.3 Å². The van der Waals surface area contributed by atoms with E-state index < -0.39 is 0 Å². The van der Waals surface area contributed by atoms with Crippen molar-refractivity contribution in [3.05, 3.63) is 0 Å². The Morgan fingerprint density at radius 3 is 2.25 bits per heavy atom. The molecule has 0 aromatic rings. The molecule has 16 heavy (non-hydrogen) atoms. The molecule has 0 atom stereocenters. The van der Waals surface area contributed by atoms with E-state index in [1.54, 1.807) is 0 Å². The second-order valence-corrected chi connectivity index (χ2v) is 5.01. The standard InChI is InChI=1S/C13H20O3/c14-11-8-6-10(7-9-11)13(15)16-12-4-2-1-3-5-12/h10,12H,1-9H2. The SMILES string of the molecule is O=C1CCC(C(=O)OC2CCCCC2)CC1. The molecule has 0 aliphatic heterocycles. The Bertz CT molecular complexity index is 256. The van der Waals surface area contributed by atoms with E-state index in [-0.39, 0.29) is 18.0 Å². The summed E-state index contributed by atoms with van der Waals surface area (Å²) in [5.74, 6) is 0.223. The highest BCUT2D eigenvalue weighted by molar-refractivity contribution is 5.82. The lowest BCUT2D eigenvalue weighted by molar-refractivity contribution is -0.156. The average Bonchev–Trinajstić information content (AvgIpc) is 2.31. The minimum atomic E-state index is -0.0561. The van der Waals surface area contributed by atoms with Gasteiger partial charge in [-0.3, -0.25) is 9.59 Å². The number of esters is 1. The van der Waals surface area contributed by atoms with E-state index in [1.165, 1.54) is 19.3 Å². The number of ketones is 1. The fraction of sp³-hybridized carbons (Fsp3) is 0.846. The molecule has 2 aliphatic carbocycles. The number of Topliss-reactive ketones (excluding diaryl/α,β-unsaturated/α-hetero) is 1. The van der Waals surface area contributed by atoms with Crippen LogP contribution < -0.4 is 0 Å². The van der Waals surface area contributed by atoms with Gasteiger partial charge in [0.15, 0.2) is 0 Å². The van der Waals surface area contributed by atoms with Gasteiger partial charge in [0.2, 0.25) is 0 Å². The van der Waals surface area contributed by atoms with Gasteiger partial charge in [0.05, 0.1) is 5.92 Å². The van der Waals surface area contributed by atoms with Gasteiger partial charge in [0.1, 0.15) is 11.9 Å². The lowest BCUT2D eigenvalue weighted by Gasteiger charge is -2.25.